The van der Waals surface area contributed by atoms with Gasteiger partial charge in [0.2, 0.25) is 5.91 Å². The van der Waals surface area contributed by atoms with Gasteiger partial charge in [0.05, 0.1) is 18.8 Å². The van der Waals surface area contributed by atoms with Crippen molar-refractivity contribution in [1.29, 1.82) is 0 Å². The van der Waals surface area contributed by atoms with E-state index >= 15 is 0 Å². The minimum absolute atomic E-state index is 0.0693. The fourth-order valence-electron chi connectivity index (χ4n) is 2.06. The van der Waals surface area contributed by atoms with Crippen molar-refractivity contribution < 1.29 is 15.0 Å². The molecule has 0 radical (unpaired) electrons. The number of aliphatic hydroxyl groups is 2. The second-order valence-corrected chi connectivity index (χ2v) is 5.23. The molecule has 2 unspecified atom stereocenters. The lowest BCUT2D eigenvalue weighted by atomic mass is 10.0. The Kier molecular flexibility index (Phi) is 12.0. The van der Waals surface area contributed by atoms with Crippen LogP contribution in [0.25, 0.3) is 0 Å². The van der Waals surface area contributed by atoms with Crippen LogP contribution in [0.5, 0.6) is 0 Å². The number of rotatable bonds is 12. The summed E-state index contributed by atoms with van der Waals surface area (Å²) in [6.45, 7) is 4.03. The molecule has 0 bridgehead atoms. The summed E-state index contributed by atoms with van der Waals surface area (Å²) < 4.78 is 0. The van der Waals surface area contributed by atoms with Crippen molar-refractivity contribution in [3.63, 3.8) is 0 Å². The molecule has 114 valence electrons. The normalized spacial score (nSPS) is 14.1. The summed E-state index contributed by atoms with van der Waals surface area (Å²) in [6.07, 6.45) is 7.83. The molecule has 0 heterocycles. The lowest BCUT2D eigenvalue weighted by molar-refractivity contribution is -0.123. The van der Waals surface area contributed by atoms with Gasteiger partial charge in [-0.1, -0.05) is 52.4 Å². The Bertz CT molecular complexity index is 221. The van der Waals surface area contributed by atoms with Gasteiger partial charge in [0.1, 0.15) is 0 Å². The van der Waals surface area contributed by atoms with E-state index in [9.17, 15) is 15.0 Å². The highest BCUT2D eigenvalue weighted by atomic mass is 16.3. The highest BCUT2D eigenvalue weighted by molar-refractivity contribution is 5.76. The molecule has 0 aliphatic heterocycles. The van der Waals surface area contributed by atoms with E-state index in [1.54, 1.807) is 0 Å². The Hall–Kier alpha value is -0.610. The minimum Gasteiger partial charge on any atom is -0.394 e. The second kappa shape index (κ2) is 12.4. The average molecular weight is 273 g/mol. The summed E-state index contributed by atoms with van der Waals surface area (Å²) in [5.74, 6) is -0.0693. The molecule has 0 aliphatic rings. The number of carbonyl (C=O) groups is 1. The Morgan fingerprint density at radius 1 is 1.05 bits per heavy atom. The van der Waals surface area contributed by atoms with Crippen LogP contribution < -0.4 is 5.32 Å². The predicted octanol–water partition coefficient (Wildman–Crippen LogP) is 2.38. The van der Waals surface area contributed by atoms with Gasteiger partial charge in [0.15, 0.2) is 0 Å². The highest BCUT2D eigenvalue weighted by Crippen LogP contribution is 2.09. The quantitative estimate of drug-likeness (QED) is 0.478. The van der Waals surface area contributed by atoms with E-state index < -0.39 is 12.1 Å². The van der Waals surface area contributed by atoms with Crippen LogP contribution in [0.4, 0.5) is 0 Å². The first-order valence-corrected chi connectivity index (χ1v) is 7.73. The number of nitrogens with one attached hydrogen (secondary N) is 1. The summed E-state index contributed by atoms with van der Waals surface area (Å²) in [7, 11) is 0. The number of carbonyl (C=O) groups excluding carboxylic acids is 1. The van der Waals surface area contributed by atoms with Crippen molar-refractivity contribution in [1.82, 2.24) is 5.32 Å². The van der Waals surface area contributed by atoms with E-state index in [1.165, 1.54) is 6.42 Å². The smallest absolute Gasteiger partial charge is 0.220 e. The second-order valence-electron chi connectivity index (χ2n) is 5.23. The molecule has 0 fully saturated rings. The van der Waals surface area contributed by atoms with Crippen LogP contribution in [0.1, 0.15) is 71.6 Å². The van der Waals surface area contributed by atoms with E-state index in [0.717, 1.165) is 38.5 Å². The van der Waals surface area contributed by atoms with Crippen LogP contribution in [0.15, 0.2) is 0 Å². The third-order valence-electron chi connectivity index (χ3n) is 3.37. The maximum absolute atomic E-state index is 11.6. The zero-order valence-corrected chi connectivity index (χ0v) is 12.5. The monoisotopic (exact) mass is 273 g/mol. The maximum Gasteiger partial charge on any atom is 0.220 e. The lowest BCUT2D eigenvalue weighted by Crippen LogP contribution is -2.45. The lowest BCUT2D eigenvalue weighted by Gasteiger charge is -2.22. The maximum atomic E-state index is 11.6. The van der Waals surface area contributed by atoms with Crippen LogP contribution in [-0.4, -0.2) is 34.9 Å². The Morgan fingerprint density at radius 2 is 1.68 bits per heavy atom. The summed E-state index contributed by atoms with van der Waals surface area (Å²) in [6, 6.07) is -0.518. The molecule has 0 rings (SSSR count). The van der Waals surface area contributed by atoms with Crippen molar-refractivity contribution in [3.8, 4) is 0 Å². The molecule has 2 atom stereocenters. The van der Waals surface area contributed by atoms with Gasteiger partial charge in [-0.25, -0.2) is 0 Å². The fraction of sp³-hybridized carbons (Fsp3) is 0.933. The number of hydrogen-bond donors (Lipinski definition) is 3. The van der Waals surface area contributed by atoms with Gasteiger partial charge in [-0.2, -0.15) is 0 Å². The Labute approximate surface area is 117 Å². The van der Waals surface area contributed by atoms with Gasteiger partial charge in [-0.05, 0) is 12.8 Å². The van der Waals surface area contributed by atoms with Crippen LogP contribution in [0, 0.1) is 0 Å². The van der Waals surface area contributed by atoms with Crippen molar-refractivity contribution in [2.24, 2.45) is 0 Å². The molecule has 0 aromatic carbocycles. The van der Waals surface area contributed by atoms with Crippen molar-refractivity contribution >= 4 is 5.91 Å². The largest absolute Gasteiger partial charge is 0.394 e. The standard InChI is InChI=1S/C15H31NO3/c1-3-5-7-9-10-14(18)13(12-17)16-15(19)11-8-6-4-2/h13-14,17-18H,3-12H2,1-2H3,(H,16,19). The molecule has 19 heavy (non-hydrogen) atoms. The number of aliphatic hydroxyl groups excluding tert-OH is 2. The van der Waals surface area contributed by atoms with E-state index in [1.807, 2.05) is 0 Å². The van der Waals surface area contributed by atoms with Gasteiger partial charge in [0.25, 0.3) is 0 Å². The fourth-order valence-corrected chi connectivity index (χ4v) is 2.06. The SMILES string of the molecule is CCCCCCC(O)C(CO)NC(=O)CCCCC. The predicted molar refractivity (Wildman–Crippen MR) is 77.9 cm³/mol. The average Bonchev–Trinajstić information content (AvgIpc) is 2.41. The van der Waals surface area contributed by atoms with Gasteiger partial charge in [0, 0.05) is 6.42 Å². The summed E-state index contributed by atoms with van der Waals surface area (Å²) in [5, 5.41) is 21.9. The van der Waals surface area contributed by atoms with Gasteiger partial charge in [-0.15, -0.1) is 0 Å². The molecule has 0 saturated carbocycles. The molecular formula is C15H31NO3. The van der Waals surface area contributed by atoms with Crippen LogP contribution in [0.2, 0.25) is 0 Å². The molecule has 4 nitrogen and oxygen atoms in total. The molecule has 3 N–H and O–H groups in total. The van der Waals surface area contributed by atoms with Crippen molar-refractivity contribution in [2.45, 2.75) is 83.8 Å². The van der Waals surface area contributed by atoms with E-state index in [0.29, 0.717) is 12.8 Å². The molecule has 0 aliphatic carbocycles. The minimum atomic E-state index is -0.642. The third kappa shape index (κ3) is 9.91. The molecular weight excluding hydrogens is 242 g/mol. The summed E-state index contributed by atoms with van der Waals surface area (Å²) in [5.41, 5.74) is 0. The van der Waals surface area contributed by atoms with Crippen molar-refractivity contribution in [2.75, 3.05) is 6.61 Å². The molecule has 0 aromatic heterocycles. The first kappa shape index (κ1) is 18.4. The van der Waals surface area contributed by atoms with Crippen LogP contribution in [0.3, 0.4) is 0 Å². The van der Waals surface area contributed by atoms with Gasteiger partial charge >= 0.3 is 0 Å². The topological polar surface area (TPSA) is 69.6 Å². The first-order valence-electron chi connectivity index (χ1n) is 7.73. The summed E-state index contributed by atoms with van der Waals surface area (Å²) >= 11 is 0. The zero-order valence-electron chi connectivity index (χ0n) is 12.5. The van der Waals surface area contributed by atoms with E-state index in [4.69, 9.17) is 0 Å². The number of amides is 1. The highest BCUT2D eigenvalue weighted by Gasteiger charge is 2.19. The third-order valence-corrected chi connectivity index (χ3v) is 3.37. The molecule has 0 aromatic rings. The summed E-state index contributed by atoms with van der Waals surface area (Å²) in [4.78, 5) is 11.6. The molecule has 4 heteroatoms. The van der Waals surface area contributed by atoms with Crippen LogP contribution in [-0.2, 0) is 4.79 Å². The zero-order chi connectivity index (χ0) is 14.5. The van der Waals surface area contributed by atoms with E-state index in [2.05, 4.69) is 19.2 Å². The Morgan fingerprint density at radius 3 is 2.26 bits per heavy atom. The molecule has 0 spiro atoms. The van der Waals surface area contributed by atoms with Gasteiger partial charge < -0.3 is 15.5 Å². The number of hydrogen-bond acceptors (Lipinski definition) is 3. The number of unbranched alkanes of at least 4 members (excludes halogenated alkanes) is 5. The van der Waals surface area contributed by atoms with E-state index in [-0.39, 0.29) is 12.5 Å². The Balaban J connectivity index is 3.86. The first-order chi connectivity index (χ1) is 9.15. The van der Waals surface area contributed by atoms with Crippen LogP contribution >= 0.6 is 0 Å². The molecule has 1 amide bonds. The van der Waals surface area contributed by atoms with Crippen molar-refractivity contribution in [3.05, 3.63) is 0 Å². The molecule has 0 saturated heterocycles. The van der Waals surface area contributed by atoms with Gasteiger partial charge in [-0.3, -0.25) is 4.79 Å².